The molecule has 0 aliphatic carbocycles. The summed E-state index contributed by atoms with van der Waals surface area (Å²) in [6.07, 6.45) is 4.44. The average Bonchev–Trinajstić information content (AvgIpc) is 2.47. The SMILES string of the molecule is C=C[C@H]1OC(C)(C)O[C@@H]1CN(C[Si](C)(C)C)C[Si](C)(C)C. The van der Waals surface area contributed by atoms with Crippen LogP contribution in [0.5, 0.6) is 0 Å². The van der Waals surface area contributed by atoms with E-state index in [1.165, 1.54) is 12.3 Å². The van der Waals surface area contributed by atoms with Gasteiger partial charge in [-0.1, -0.05) is 45.4 Å². The maximum Gasteiger partial charge on any atom is 0.164 e. The van der Waals surface area contributed by atoms with Crippen LogP contribution >= 0.6 is 0 Å². The lowest BCUT2D eigenvalue weighted by molar-refractivity contribution is -0.144. The second-order valence-electron chi connectivity index (χ2n) is 9.17. The third-order valence-corrected chi connectivity index (χ3v) is 6.08. The van der Waals surface area contributed by atoms with Crippen molar-refractivity contribution in [3.63, 3.8) is 0 Å². The number of hydrogen-bond donors (Lipinski definition) is 0. The zero-order valence-corrected chi connectivity index (χ0v) is 17.3. The predicted octanol–water partition coefficient (Wildman–Crippen LogP) is 3.75. The number of hydrogen-bond acceptors (Lipinski definition) is 3. The summed E-state index contributed by atoms with van der Waals surface area (Å²) in [5.74, 6) is -0.493. The minimum Gasteiger partial charge on any atom is -0.343 e. The maximum absolute atomic E-state index is 6.11. The third kappa shape index (κ3) is 7.24. The van der Waals surface area contributed by atoms with E-state index >= 15 is 0 Å². The van der Waals surface area contributed by atoms with E-state index in [9.17, 15) is 0 Å². The van der Waals surface area contributed by atoms with Gasteiger partial charge in [0, 0.05) is 6.54 Å². The molecule has 0 amide bonds. The van der Waals surface area contributed by atoms with Gasteiger partial charge in [0.05, 0.1) is 16.1 Å². The summed E-state index contributed by atoms with van der Waals surface area (Å²) in [6.45, 7) is 23.5. The lowest BCUT2D eigenvalue weighted by Gasteiger charge is -2.35. The topological polar surface area (TPSA) is 21.7 Å². The van der Waals surface area contributed by atoms with Crippen molar-refractivity contribution in [3.8, 4) is 0 Å². The molecule has 1 heterocycles. The molecule has 2 atom stereocenters. The summed E-state index contributed by atoms with van der Waals surface area (Å²) in [5, 5.41) is 0. The molecule has 124 valence electrons. The molecule has 3 nitrogen and oxygen atoms in total. The Morgan fingerprint density at radius 1 is 1.00 bits per heavy atom. The first-order valence-corrected chi connectivity index (χ1v) is 15.4. The zero-order chi connectivity index (χ0) is 16.5. The van der Waals surface area contributed by atoms with Gasteiger partial charge in [-0.25, -0.2) is 0 Å². The van der Waals surface area contributed by atoms with Crippen LogP contribution in [0.2, 0.25) is 39.3 Å². The van der Waals surface area contributed by atoms with Crippen molar-refractivity contribution in [2.45, 2.75) is 71.1 Å². The van der Waals surface area contributed by atoms with Crippen LogP contribution in [-0.2, 0) is 9.47 Å². The monoisotopic (exact) mass is 329 g/mol. The molecule has 0 aromatic heterocycles. The van der Waals surface area contributed by atoms with Crippen LogP contribution < -0.4 is 0 Å². The van der Waals surface area contributed by atoms with Gasteiger partial charge in [0.1, 0.15) is 12.2 Å². The van der Waals surface area contributed by atoms with E-state index in [4.69, 9.17) is 9.47 Å². The van der Waals surface area contributed by atoms with Gasteiger partial charge in [0.25, 0.3) is 0 Å². The first-order chi connectivity index (χ1) is 9.31. The van der Waals surface area contributed by atoms with Gasteiger partial charge in [-0.3, -0.25) is 0 Å². The van der Waals surface area contributed by atoms with Crippen molar-refractivity contribution in [3.05, 3.63) is 12.7 Å². The van der Waals surface area contributed by atoms with Gasteiger partial charge in [-0.15, -0.1) is 6.58 Å². The lowest BCUT2D eigenvalue weighted by Crippen LogP contribution is -2.51. The quantitative estimate of drug-likeness (QED) is 0.524. The fraction of sp³-hybridized carbons (Fsp3) is 0.875. The molecule has 21 heavy (non-hydrogen) atoms. The van der Waals surface area contributed by atoms with Crippen LogP contribution in [-0.4, -0.2) is 57.9 Å². The molecule has 0 aromatic carbocycles. The number of ether oxygens (including phenoxy) is 2. The highest BCUT2D eigenvalue weighted by atomic mass is 28.3. The van der Waals surface area contributed by atoms with Gasteiger partial charge >= 0.3 is 0 Å². The molecule has 0 bridgehead atoms. The molecule has 1 fully saturated rings. The van der Waals surface area contributed by atoms with Crippen molar-refractivity contribution in [2.75, 3.05) is 18.9 Å². The fourth-order valence-corrected chi connectivity index (χ4v) is 6.37. The van der Waals surface area contributed by atoms with Gasteiger partial charge in [0.15, 0.2) is 5.79 Å². The van der Waals surface area contributed by atoms with Crippen molar-refractivity contribution in [1.82, 2.24) is 4.90 Å². The molecule has 1 aliphatic rings. The average molecular weight is 330 g/mol. The standard InChI is InChI=1S/C16H35NO2Si2/c1-10-14-15(19-16(2,3)18-14)11-17(12-20(4,5)6)13-21(7,8)9/h10,14-15H,1,11-13H2,2-9H3/t14-,15-/m1/s1. The lowest BCUT2D eigenvalue weighted by atomic mass is 10.2. The Morgan fingerprint density at radius 2 is 1.48 bits per heavy atom. The summed E-state index contributed by atoms with van der Waals surface area (Å²) >= 11 is 0. The minimum absolute atomic E-state index is 0.00534. The van der Waals surface area contributed by atoms with Crippen LogP contribution in [0.15, 0.2) is 12.7 Å². The van der Waals surface area contributed by atoms with E-state index in [1.807, 2.05) is 19.9 Å². The molecule has 1 saturated heterocycles. The Labute approximate surface area is 133 Å². The summed E-state index contributed by atoms with van der Waals surface area (Å²) < 4.78 is 12.0. The number of nitrogens with zero attached hydrogens (tertiary/aromatic N) is 1. The van der Waals surface area contributed by atoms with Crippen LogP contribution in [0.3, 0.4) is 0 Å². The molecule has 0 spiro atoms. The molecular weight excluding hydrogens is 294 g/mol. The predicted molar refractivity (Wildman–Crippen MR) is 97.2 cm³/mol. The summed E-state index contributed by atoms with van der Waals surface area (Å²) in [5.41, 5.74) is 0. The summed E-state index contributed by atoms with van der Waals surface area (Å²) in [6, 6.07) is 0. The Kier molecular flexibility index (Phi) is 6.06. The second-order valence-corrected chi connectivity index (χ2v) is 20.0. The second kappa shape index (κ2) is 6.66. The maximum atomic E-state index is 6.11. The van der Waals surface area contributed by atoms with Gasteiger partial charge in [-0.2, -0.15) is 0 Å². The third-order valence-electron chi connectivity index (χ3n) is 3.29. The highest BCUT2D eigenvalue weighted by molar-refractivity contribution is 6.77. The van der Waals surface area contributed by atoms with E-state index in [0.717, 1.165) is 6.54 Å². The van der Waals surface area contributed by atoms with Crippen molar-refractivity contribution in [1.29, 1.82) is 0 Å². The van der Waals surface area contributed by atoms with E-state index in [1.54, 1.807) is 0 Å². The minimum atomic E-state index is -1.13. The van der Waals surface area contributed by atoms with Crippen molar-refractivity contribution >= 4 is 16.1 Å². The Bertz CT molecular complexity index is 342. The largest absolute Gasteiger partial charge is 0.343 e. The van der Waals surface area contributed by atoms with E-state index in [-0.39, 0.29) is 12.2 Å². The molecule has 1 aliphatic heterocycles. The summed E-state index contributed by atoms with van der Waals surface area (Å²) in [7, 11) is -2.27. The molecule has 0 unspecified atom stereocenters. The van der Waals surface area contributed by atoms with Gasteiger partial charge in [0.2, 0.25) is 0 Å². The zero-order valence-electron chi connectivity index (χ0n) is 15.3. The Hall–Kier alpha value is 0.0538. The summed E-state index contributed by atoms with van der Waals surface area (Å²) in [4.78, 5) is 2.63. The van der Waals surface area contributed by atoms with Crippen LogP contribution in [0.25, 0.3) is 0 Å². The Balaban J connectivity index is 2.78. The molecular formula is C16H35NO2Si2. The Morgan fingerprint density at radius 3 is 1.86 bits per heavy atom. The van der Waals surface area contributed by atoms with Crippen molar-refractivity contribution in [2.24, 2.45) is 0 Å². The molecule has 0 N–H and O–H groups in total. The van der Waals surface area contributed by atoms with E-state index in [0.29, 0.717) is 0 Å². The van der Waals surface area contributed by atoms with Crippen molar-refractivity contribution < 1.29 is 9.47 Å². The molecule has 0 saturated carbocycles. The normalized spacial score (nSPS) is 26.3. The van der Waals surface area contributed by atoms with Crippen LogP contribution in [0.1, 0.15) is 13.8 Å². The van der Waals surface area contributed by atoms with Crippen LogP contribution in [0, 0.1) is 0 Å². The van der Waals surface area contributed by atoms with E-state index in [2.05, 4.69) is 50.8 Å². The van der Waals surface area contributed by atoms with Crippen LogP contribution in [0.4, 0.5) is 0 Å². The van der Waals surface area contributed by atoms with Gasteiger partial charge < -0.3 is 14.4 Å². The number of rotatable bonds is 7. The fourth-order valence-electron chi connectivity index (χ4n) is 2.99. The highest BCUT2D eigenvalue weighted by Gasteiger charge is 2.41. The molecule has 0 aromatic rings. The molecule has 0 radical (unpaired) electrons. The van der Waals surface area contributed by atoms with Gasteiger partial charge in [-0.05, 0) is 26.2 Å². The highest BCUT2D eigenvalue weighted by Crippen LogP contribution is 2.29. The molecule has 1 rings (SSSR count). The first-order valence-electron chi connectivity index (χ1n) is 8.02. The first kappa shape index (κ1) is 19.1. The van der Waals surface area contributed by atoms with E-state index < -0.39 is 21.9 Å². The smallest absolute Gasteiger partial charge is 0.164 e. The molecule has 5 heteroatoms.